The molecule has 186 valence electrons. The SMILES string of the molecule is CNC(=O)C1CCN(c2cc(-c3ccc(OCCNCCOC)cc3)nc3cc(OC)ccc23)C1. The first kappa shape index (κ1) is 24.8. The number of rotatable bonds is 11. The number of hydrogen-bond acceptors (Lipinski definition) is 7. The number of amides is 1. The van der Waals surface area contributed by atoms with Crippen LogP contribution in [0.1, 0.15) is 6.42 Å². The summed E-state index contributed by atoms with van der Waals surface area (Å²) in [6.07, 6.45) is 0.835. The quantitative estimate of drug-likeness (QED) is 0.410. The molecule has 3 aromatic rings. The summed E-state index contributed by atoms with van der Waals surface area (Å²) in [5.74, 6) is 1.67. The van der Waals surface area contributed by atoms with Crippen molar-refractivity contribution < 1.29 is 19.0 Å². The van der Waals surface area contributed by atoms with Crippen molar-refractivity contribution in [2.45, 2.75) is 6.42 Å². The number of ether oxygens (including phenoxy) is 3. The van der Waals surface area contributed by atoms with E-state index in [9.17, 15) is 4.79 Å². The zero-order chi connectivity index (χ0) is 24.6. The topological polar surface area (TPSA) is 85.0 Å². The van der Waals surface area contributed by atoms with Gasteiger partial charge in [-0.3, -0.25) is 4.79 Å². The number of methoxy groups -OCH3 is 2. The molecule has 2 heterocycles. The van der Waals surface area contributed by atoms with Crippen molar-refractivity contribution in [3.8, 4) is 22.8 Å². The maximum atomic E-state index is 12.2. The normalized spacial score (nSPS) is 15.4. The summed E-state index contributed by atoms with van der Waals surface area (Å²) in [6, 6.07) is 16.1. The van der Waals surface area contributed by atoms with Gasteiger partial charge >= 0.3 is 0 Å². The van der Waals surface area contributed by atoms with Crippen LogP contribution in [0.5, 0.6) is 11.5 Å². The van der Waals surface area contributed by atoms with Crippen LogP contribution in [0.3, 0.4) is 0 Å². The number of aromatic nitrogens is 1. The molecule has 1 aromatic heterocycles. The molecule has 2 N–H and O–H groups in total. The minimum absolute atomic E-state index is 0.00895. The lowest BCUT2D eigenvalue weighted by atomic mass is 10.1. The van der Waals surface area contributed by atoms with E-state index in [1.807, 2.05) is 42.5 Å². The van der Waals surface area contributed by atoms with Gasteiger partial charge in [-0.05, 0) is 48.9 Å². The average molecular weight is 479 g/mol. The molecule has 0 radical (unpaired) electrons. The molecule has 1 atom stereocenters. The van der Waals surface area contributed by atoms with Crippen LogP contribution < -0.4 is 25.0 Å². The Morgan fingerprint density at radius 1 is 1.06 bits per heavy atom. The molecular formula is C27H34N4O4. The number of fused-ring (bicyclic) bond motifs is 1. The van der Waals surface area contributed by atoms with Crippen LogP contribution in [0.25, 0.3) is 22.2 Å². The van der Waals surface area contributed by atoms with E-state index in [0.29, 0.717) is 19.8 Å². The molecule has 1 unspecified atom stereocenters. The Kier molecular flexibility index (Phi) is 8.39. The maximum absolute atomic E-state index is 12.2. The Morgan fingerprint density at radius 2 is 1.83 bits per heavy atom. The Bertz CT molecular complexity index is 1140. The maximum Gasteiger partial charge on any atom is 0.224 e. The summed E-state index contributed by atoms with van der Waals surface area (Å²) in [5.41, 5.74) is 3.82. The van der Waals surface area contributed by atoms with E-state index in [2.05, 4.69) is 21.6 Å². The number of nitrogens with zero attached hydrogens (tertiary/aromatic N) is 2. The number of nitrogens with one attached hydrogen (secondary N) is 2. The molecule has 1 aliphatic rings. The average Bonchev–Trinajstić information content (AvgIpc) is 3.40. The van der Waals surface area contributed by atoms with Crippen LogP contribution in [0.4, 0.5) is 5.69 Å². The Hall–Kier alpha value is -3.36. The van der Waals surface area contributed by atoms with Crippen LogP contribution in [0.15, 0.2) is 48.5 Å². The molecule has 1 aliphatic heterocycles. The fraction of sp³-hybridized carbons (Fsp3) is 0.407. The number of anilines is 1. The fourth-order valence-electron chi connectivity index (χ4n) is 4.39. The third-order valence-electron chi connectivity index (χ3n) is 6.32. The summed E-state index contributed by atoms with van der Waals surface area (Å²) in [6.45, 7) is 4.35. The minimum atomic E-state index is -0.00895. The third-order valence-corrected chi connectivity index (χ3v) is 6.32. The third kappa shape index (κ3) is 6.01. The van der Waals surface area contributed by atoms with Crippen molar-refractivity contribution in [1.82, 2.24) is 15.6 Å². The molecule has 0 spiro atoms. The highest BCUT2D eigenvalue weighted by molar-refractivity contribution is 5.95. The van der Waals surface area contributed by atoms with Crippen LogP contribution in [0.2, 0.25) is 0 Å². The van der Waals surface area contributed by atoms with Gasteiger partial charge in [-0.1, -0.05) is 0 Å². The smallest absolute Gasteiger partial charge is 0.224 e. The van der Waals surface area contributed by atoms with Crippen LogP contribution in [0, 0.1) is 5.92 Å². The predicted molar refractivity (Wildman–Crippen MR) is 138 cm³/mol. The van der Waals surface area contributed by atoms with Crippen molar-refractivity contribution in [3.63, 3.8) is 0 Å². The monoisotopic (exact) mass is 478 g/mol. The second kappa shape index (κ2) is 11.9. The molecule has 35 heavy (non-hydrogen) atoms. The lowest BCUT2D eigenvalue weighted by molar-refractivity contribution is -0.123. The van der Waals surface area contributed by atoms with Gasteiger partial charge in [0.25, 0.3) is 0 Å². The van der Waals surface area contributed by atoms with Gasteiger partial charge < -0.3 is 29.7 Å². The van der Waals surface area contributed by atoms with Gasteiger partial charge in [0.1, 0.15) is 18.1 Å². The minimum Gasteiger partial charge on any atom is -0.497 e. The van der Waals surface area contributed by atoms with Crippen LogP contribution in [-0.4, -0.2) is 71.6 Å². The lowest BCUT2D eigenvalue weighted by Gasteiger charge is -2.22. The highest BCUT2D eigenvalue weighted by atomic mass is 16.5. The van der Waals surface area contributed by atoms with Gasteiger partial charge in [0.15, 0.2) is 0 Å². The number of carbonyl (C=O) groups is 1. The second-order valence-corrected chi connectivity index (χ2v) is 8.57. The first-order valence-corrected chi connectivity index (χ1v) is 12.0. The molecule has 0 bridgehead atoms. The van der Waals surface area contributed by atoms with Gasteiger partial charge in [0.2, 0.25) is 5.91 Å². The van der Waals surface area contributed by atoms with Gasteiger partial charge in [-0.2, -0.15) is 0 Å². The van der Waals surface area contributed by atoms with Gasteiger partial charge in [-0.15, -0.1) is 0 Å². The lowest BCUT2D eigenvalue weighted by Crippen LogP contribution is -2.30. The molecule has 1 saturated heterocycles. The van der Waals surface area contributed by atoms with Gasteiger partial charge in [0.05, 0.1) is 30.8 Å². The first-order valence-electron chi connectivity index (χ1n) is 12.0. The second-order valence-electron chi connectivity index (χ2n) is 8.57. The van der Waals surface area contributed by atoms with E-state index in [-0.39, 0.29) is 11.8 Å². The zero-order valence-electron chi connectivity index (χ0n) is 20.7. The van der Waals surface area contributed by atoms with Crippen molar-refractivity contribution in [2.75, 3.05) is 65.6 Å². The van der Waals surface area contributed by atoms with E-state index in [1.165, 1.54) is 0 Å². The van der Waals surface area contributed by atoms with Crippen LogP contribution >= 0.6 is 0 Å². The largest absolute Gasteiger partial charge is 0.497 e. The van der Waals surface area contributed by atoms with Crippen molar-refractivity contribution in [1.29, 1.82) is 0 Å². The Morgan fingerprint density at radius 3 is 2.57 bits per heavy atom. The molecule has 8 nitrogen and oxygen atoms in total. The van der Waals surface area contributed by atoms with E-state index < -0.39 is 0 Å². The van der Waals surface area contributed by atoms with Crippen molar-refractivity contribution >= 4 is 22.5 Å². The standard InChI is InChI=1S/C27H34N4O4/c1-28-27(32)20-10-13-31(18-20)26-17-24(30-25-16-22(34-3)8-9-23(25)26)19-4-6-21(7-5-19)35-15-12-29-11-14-33-2/h4-9,16-17,20,29H,10-15,18H2,1-3H3,(H,28,32). The van der Waals surface area contributed by atoms with E-state index in [4.69, 9.17) is 19.2 Å². The zero-order valence-corrected chi connectivity index (χ0v) is 20.7. The van der Waals surface area contributed by atoms with Crippen LogP contribution in [-0.2, 0) is 9.53 Å². The van der Waals surface area contributed by atoms with Gasteiger partial charge in [0, 0.05) is 63.0 Å². The Balaban J connectivity index is 1.56. The molecule has 0 saturated carbocycles. The predicted octanol–water partition coefficient (Wildman–Crippen LogP) is 3.10. The molecule has 1 amide bonds. The highest BCUT2D eigenvalue weighted by Gasteiger charge is 2.29. The summed E-state index contributed by atoms with van der Waals surface area (Å²) in [5, 5.41) is 7.10. The van der Waals surface area contributed by atoms with E-state index >= 15 is 0 Å². The molecule has 2 aromatic carbocycles. The molecular weight excluding hydrogens is 444 g/mol. The molecule has 0 aliphatic carbocycles. The number of benzene rings is 2. The van der Waals surface area contributed by atoms with E-state index in [1.54, 1.807) is 21.3 Å². The number of hydrogen-bond donors (Lipinski definition) is 2. The Labute approximate surface area is 206 Å². The summed E-state index contributed by atoms with van der Waals surface area (Å²) < 4.78 is 16.3. The molecule has 8 heteroatoms. The molecule has 1 fully saturated rings. The van der Waals surface area contributed by atoms with E-state index in [0.717, 1.165) is 65.4 Å². The fourth-order valence-corrected chi connectivity index (χ4v) is 4.39. The molecule has 4 rings (SSSR count). The summed E-state index contributed by atoms with van der Waals surface area (Å²) in [7, 11) is 5.05. The van der Waals surface area contributed by atoms with Crippen molar-refractivity contribution in [2.24, 2.45) is 5.92 Å². The van der Waals surface area contributed by atoms with Crippen molar-refractivity contribution in [3.05, 3.63) is 48.5 Å². The first-order chi connectivity index (χ1) is 17.1. The van der Waals surface area contributed by atoms with Gasteiger partial charge in [-0.25, -0.2) is 4.98 Å². The highest BCUT2D eigenvalue weighted by Crippen LogP contribution is 2.35. The number of carbonyl (C=O) groups excluding carboxylic acids is 1. The summed E-state index contributed by atoms with van der Waals surface area (Å²) >= 11 is 0. The summed E-state index contributed by atoms with van der Waals surface area (Å²) in [4.78, 5) is 19.4. The number of pyridine rings is 1.